The molecule has 3 aliphatic heterocycles. The Bertz CT molecular complexity index is 1110. The first-order valence-corrected chi connectivity index (χ1v) is 12.6. The molecule has 1 N–H and O–H groups in total. The fourth-order valence-corrected chi connectivity index (χ4v) is 7.11. The van der Waals surface area contributed by atoms with E-state index in [4.69, 9.17) is 0 Å². The summed E-state index contributed by atoms with van der Waals surface area (Å²) in [7, 11) is 0. The number of aliphatic hydroxyl groups is 1. The number of aromatic nitrogens is 1. The molecular formula is C27H33N3O3. The first-order chi connectivity index (χ1) is 16.2. The van der Waals surface area contributed by atoms with Gasteiger partial charge in [0.25, 0.3) is 5.56 Å². The van der Waals surface area contributed by atoms with Gasteiger partial charge in [0.2, 0.25) is 5.91 Å². The molecule has 6 heteroatoms. The molecule has 4 aliphatic rings. The molecule has 174 valence electrons. The number of benzene rings is 1. The first kappa shape index (κ1) is 21.1. The van der Waals surface area contributed by atoms with Crippen molar-refractivity contribution in [3.05, 3.63) is 69.6 Å². The maximum absolute atomic E-state index is 14.1. The highest BCUT2D eigenvalue weighted by atomic mass is 16.3. The van der Waals surface area contributed by atoms with Gasteiger partial charge < -0.3 is 14.6 Å². The number of hydrogen-bond donors (Lipinski definition) is 1. The van der Waals surface area contributed by atoms with Crippen molar-refractivity contribution in [1.29, 1.82) is 0 Å². The summed E-state index contributed by atoms with van der Waals surface area (Å²) in [5, 5.41) is 10.5. The van der Waals surface area contributed by atoms with Crippen LogP contribution in [0.3, 0.4) is 0 Å². The highest BCUT2D eigenvalue weighted by Gasteiger charge is 2.56. The lowest BCUT2D eigenvalue weighted by atomic mass is 9.87. The van der Waals surface area contributed by atoms with Gasteiger partial charge in [0.05, 0.1) is 12.1 Å². The second-order valence-corrected chi connectivity index (χ2v) is 10.4. The number of hydrogen-bond acceptors (Lipinski definition) is 4. The molecule has 1 aromatic carbocycles. The Labute approximate surface area is 194 Å². The molecule has 0 unspecified atom stereocenters. The summed E-state index contributed by atoms with van der Waals surface area (Å²) in [4.78, 5) is 31.1. The molecule has 0 radical (unpaired) electrons. The van der Waals surface area contributed by atoms with Crippen molar-refractivity contribution in [2.75, 3.05) is 19.7 Å². The average Bonchev–Trinajstić information content (AvgIpc) is 3.55. The van der Waals surface area contributed by atoms with Gasteiger partial charge in [0, 0.05) is 56.4 Å². The van der Waals surface area contributed by atoms with Crippen molar-refractivity contribution in [2.45, 2.75) is 57.3 Å². The van der Waals surface area contributed by atoms with Crippen molar-refractivity contribution in [3.8, 4) is 0 Å². The second kappa shape index (κ2) is 8.41. The number of nitrogens with zero attached hydrogens (tertiary/aromatic N) is 3. The van der Waals surface area contributed by atoms with Crippen LogP contribution in [0.25, 0.3) is 0 Å². The lowest BCUT2D eigenvalue weighted by Gasteiger charge is -2.37. The van der Waals surface area contributed by atoms with E-state index in [1.807, 2.05) is 27.7 Å². The lowest BCUT2D eigenvalue weighted by Crippen LogP contribution is -2.51. The zero-order chi connectivity index (χ0) is 22.5. The summed E-state index contributed by atoms with van der Waals surface area (Å²) >= 11 is 0. The topological polar surface area (TPSA) is 65.8 Å². The summed E-state index contributed by atoms with van der Waals surface area (Å²) in [6, 6.07) is 13.6. The van der Waals surface area contributed by atoms with Gasteiger partial charge in [-0.25, -0.2) is 0 Å². The Kier molecular flexibility index (Phi) is 5.38. The minimum atomic E-state index is -0.320. The molecule has 2 fully saturated rings. The van der Waals surface area contributed by atoms with E-state index in [1.165, 1.54) is 36.8 Å². The molecule has 1 aromatic heterocycles. The zero-order valence-electron chi connectivity index (χ0n) is 19.1. The molecule has 1 saturated heterocycles. The normalized spacial score (nSPS) is 29.2. The van der Waals surface area contributed by atoms with Gasteiger partial charge in [-0.15, -0.1) is 0 Å². The minimum absolute atomic E-state index is 0.0219. The quantitative estimate of drug-likeness (QED) is 0.783. The highest BCUT2D eigenvalue weighted by Crippen LogP contribution is 2.50. The van der Waals surface area contributed by atoms with E-state index in [0.29, 0.717) is 19.0 Å². The zero-order valence-corrected chi connectivity index (χ0v) is 19.1. The largest absolute Gasteiger partial charge is 0.396 e. The molecule has 4 atom stereocenters. The molecule has 1 amide bonds. The number of amides is 1. The Morgan fingerprint density at radius 3 is 2.61 bits per heavy atom. The predicted octanol–water partition coefficient (Wildman–Crippen LogP) is 2.59. The monoisotopic (exact) mass is 447 g/mol. The van der Waals surface area contributed by atoms with Gasteiger partial charge in [-0.2, -0.15) is 0 Å². The molecule has 0 bridgehead atoms. The number of fused-ring (bicyclic) bond motifs is 4. The molecule has 0 spiro atoms. The number of pyridine rings is 1. The standard InChI is InChI=1S/C27H33N3O3/c31-17-22-21-16-29-23(10-5-11-24(29)32)25(21)30(14-18-6-1-2-7-18)26(22)27(33)28-13-12-19-8-3-4-9-20(19)15-28/h3-5,8-11,18,21-22,25-26,31H,1-2,6-7,12-17H2/t21-,22-,25+,26-/m1/s1. The summed E-state index contributed by atoms with van der Waals surface area (Å²) in [5.41, 5.74) is 3.60. The smallest absolute Gasteiger partial charge is 0.250 e. The van der Waals surface area contributed by atoms with Crippen LogP contribution in [0.1, 0.15) is 48.5 Å². The van der Waals surface area contributed by atoms with E-state index in [-0.39, 0.29) is 42.0 Å². The summed E-state index contributed by atoms with van der Waals surface area (Å²) in [5.74, 6) is 0.684. The van der Waals surface area contributed by atoms with Crippen LogP contribution in [-0.2, 0) is 24.3 Å². The van der Waals surface area contributed by atoms with E-state index < -0.39 is 0 Å². The number of rotatable bonds is 4. The van der Waals surface area contributed by atoms with Crippen molar-refractivity contribution < 1.29 is 9.90 Å². The van der Waals surface area contributed by atoms with Crippen LogP contribution in [-0.4, -0.2) is 51.1 Å². The number of carbonyl (C=O) groups excluding carboxylic acids is 1. The fourth-order valence-electron chi connectivity index (χ4n) is 7.11. The Hall–Kier alpha value is -2.44. The average molecular weight is 448 g/mol. The van der Waals surface area contributed by atoms with Crippen LogP contribution in [0.2, 0.25) is 0 Å². The van der Waals surface area contributed by atoms with Crippen LogP contribution >= 0.6 is 0 Å². The van der Waals surface area contributed by atoms with Crippen molar-refractivity contribution in [1.82, 2.24) is 14.4 Å². The first-order valence-electron chi connectivity index (χ1n) is 12.6. The fraction of sp³-hybridized carbons (Fsp3) is 0.556. The predicted molar refractivity (Wildman–Crippen MR) is 126 cm³/mol. The Balaban J connectivity index is 1.35. The Morgan fingerprint density at radius 2 is 1.82 bits per heavy atom. The van der Waals surface area contributed by atoms with Crippen LogP contribution in [0.4, 0.5) is 0 Å². The molecule has 1 aliphatic carbocycles. The van der Waals surface area contributed by atoms with Gasteiger partial charge in [-0.1, -0.05) is 43.2 Å². The summed E-state index contributed by atoms with van der Waals surface area (Å²) in [6.45, 7) is 2.83. The molecule has 6 rings (SSSR count). The van der Waals surface area contributed by atoms with Gasteiger partial charge in [0.15, 0.2) is 0 Å². The molecule has 6 nitrogen and oxygen atoms in total. The van der Waals surface area contributed by atoms with E-state index in [9.17, 15) is 14.7 Å². The van der Waals surface area contributed by atoms with Crippen LogP contribution in [0.5, 0.6) is 0 Å². The van der Waals surface area contributed by atoms with Crippen molar-refractivity contribution >= 4 is 5.91 Å². The van der Waals surface area contributed by atoms with Gasteiger partial charge in [-0.3, -0.25) is 14.5 Å². The van der Waals surface area contributed by atoms with Crippen LogP contribution < -0.4 is 5.56 Å². The number of likely N-dealkylation sites (tertiary alicyclic amines) is 1. The van der Waals surface area contributed by atoms with Crippen molar-refractivity contribution in [2.24, 2.45) is 17.8 Å². The molecule has 33 heavy (non-hydrogen) atoms. The number of carbonyl (C=O) groups is 1. The molecule has 1 saturated carbocycles. The maximum atomic E-state index is 14.1. The molecule has 2 aromatic rings. The van der Waals surface area contributed by atoms with Gasteiger partial charge in [0.1, 0.15) is 0 Å². The summed E-state index contributed by atoms with van der Waals surface area (Å²) < 4.78 is 1.87. The molecule has 4 heterocycles. The van der Waals surface area contributed by atoms with Crippen LogP contribution in [0, 0.1) is 17.8 Å². The van der Waals surface area contributed by atoms with Gasteiger partial charge in [-0.05, 0) is 42.4 Å². The third kappa shape index (κ3) is 3.46. The third-order valence-corrected chi connectivity index (χ3v) is 8.71. The van der Waals surface area contributed by atoms with Gasteiger partial charge >= 0.3 is 0 Å². The Morgan fingerprint density at radius 1 is 1.03 bits per heavy atom. The molecular weight excluding hydrogens is 414 g/mol. The van der Waals surface area contributed by atoms with Crippen LogP contribution in [0.15, 0.2) is 47.3 Å². The maximum Gasteiger partial charge on any atom is 0.250 e. The lowest BCUT2D eigenvalue weighted by molar-refractivity contribution is -0.139. The van der Waals surface area contributed by atoms with Crippen molar-refractivity contribution in [3.63, 3.8) is 0 Å². The highest BCUT2D eigenvalue weighted by molar-refractivity contribution is 5.83. The summed E-state index contributed by atoms with van der Waals surface area (Å²) in [6.07, 6.45) is 5.81. The van der Waals surface area contributed by atoms with E-state index >= 15 is 0 Å². The number of aliphatic hydroxyl groups excluding tert-OH is 1. The SMILES string of the molecule is O=C([C@H]1[C@H](CO)[C@H]2Cn3c(cccc3=O)[C@H]2N1CC1CCCC1)N1CCc2ccccc2C1. The second-order valence-electron chi connectivity index (χ2n) is 10.4. The van der Waals surface area contributed by atoms with E-state index in [2.05, 4.69) is 23.1 Å². The van der Waals surface area contributed by atoms with E-state index in [0.717, 1.165) is 25.2 Å². The minimum Gasteiger partial charge on any atom is -0.396 e. The van der Waals surface area contributed by atoms with E-state index in [1.54, 1.807) is 6.07 Å². The third-order valence-electron chi connectivity index (χ3n) is 8.71.